The van der Waals surface area contributed by atoms with Gasteiger partial charge in [-0.15, -0.1) is 0 Å². The third kappa shape index (κ3) is 15.3. The highest BCUT2D eigenvalue weighted by atomic mass is 16.6. The van der Waals surface area contributed by atoms with Crippen LogP contribution in [0, 0.1) is 35.5 Å². The lowest BCUT2D eigenvalue weighted by Crippen LogP contribution is -2.62. The van der Waals surface area contributed by atoms with Crippen molar-refractivity contribution in [1.82, 2.24) is 4.90 Å². The van der Waals surface area contributed by atoms with Gasteiger partial charge in [-0.3, -0.25) is 19.2 Å². The molecule has 3 N–H and O–H groups in total. The molecule has 0 unspecified atom stereocenters. The lowest BCUT2D eigenvalue weighted by atomic mass is 9.78. The number of aliphatic hydroxyl groups excluding tert-OH is 2. The highest BCUT2D eigenvalue weighted by Gasteiger charge is 2.55. The normalized spacial score (nSPS) is 39.2. The molecule has 15 nitrogen and oxygen atoms in total. The standard InChI is InChI=1S/C53H83NO14/c1-32-16-12-11-13-17-33(2)44(63-8)30-40-21-19-34(3)50(59)53(62,68-40)52(61)54-23-15-14-18-41(54)51(60)67-45(36(5)28-39-20-22-43(66-25-24-55)46(29-39)64-9)31-42(56)35(4)27-38(7)48(58)49(65-10)47(57)37(6)26-32/h11-13,16-17,27,32,34-37,39-41,43-46,48-49,55,58,62H,14-15,18-26,28-31H2,1-10H3/b13-11-,16-12-,33-17-,38-27-/t32-,34-,35-,36-,37-,39+,40+,41+,43-,44+,45+,46-,48-,49+,53-/m1/s1. The summed E-state index contributed by atoms with van der Waals surface area (Å²) >= 11 is 0. The number of ether oxygens (including phenoxy) is 6. The van der Waals surface area contributed by atoms with Crippen LogP contribution in [0.2, 0.25) is 0 Å². The van der Waals surface area contributed by atoms with Crippen LogP contribution in [0.1, 0.15) is 126 Å². The lowest BCUT2D eigenvalue weighted by molar-refractivity contribution is -0.231. The summed E-state index contributed by atoms with van der Waals surface area (Å²) in [6, 6.07) is -1.16. The van der Waals surface area contributed by atoms with Gasteiger partial charge < -0.3 is 48.6 Å². The molecule has 1 amide bonds. The maximum atomic E-state index is 14.7. The second-order valence-electron chi connectivity index (χ2n) is 20.1. The van der Waals surface area contributed by atoms with E-state index >= 15 is 0 Å². The number of cyclic esters (lactones) is 1. The van der Waals surface area contributed by atoms with Gasteiger partial charge in [-0.05, 0) is 107 Å². The second-order valence-corrected chi connectivity index (χ2v) is 20.1. The number of methoxy groups -OCH3 is 3. The minimum Gasteiger partial charge on any atom is -0.460 e. The SMILES string of the molecule is CO[C@H]1C[C@@H]2CC[C@@H](C)C(=O)[C@@](O)(O2)C(=O)N2CCCC[C@H]2C(=O)O[C@H]([C@H](C)C[C@@H]2CC[C@@H](OCCO)[C@H](OC)C2)CC(=O)[C@H](C)/C=C(/C)[C@@H](O)[C@@H](OC)C(=O)[C@H](C)C[C@H](C)\C=C/C=C\C=C/1C. The van der Waals surface area contributed by atoms with Crippen molar-refractivity contribution >= 4 is 29.2 Å². The lowest BCUT2D eigenvalue weighted by Gasteiger charge is -2.40. The van der Waals surface area contributed by atoms with Crippen LogP contribution in [0.25, 0.3) is 0 Å². The van der Waals surface area contributed by atoms with E-state index in [2.05, 4.69) is 0 Å². The largest absolute Gasteiger partial charge is 0.460 e. The Balaban J connectivity index is 1.73. The van der Waals surface area contributed by atoms with Crippen LogP contribution in [-0.2, 0) is 52.4 Å². The van der Waals surface area contributed by atoms with E-state index in [0.29, 0.717) is 56.9 Å². The summed E-state index contributed by atoms with van der Waals surface area (Å²) < 4.78 is 35.7. The number of ketones is 3. The van der Waals surface area contributed by atoms with Gasteiger partial charge in [0.25, 0.3) is 5.91 Å². The third-order valence-corrected chi connectivity index (χ3v) is 14.8. The van der Waals surface area contributed by atoms with Gasteiger partial charge in [0, 0.05) is 58.5 Å². The minimum absolute atomic E-state index is 0.0112. The number of hydrogen-bond donors (Lipinski definition) is 3. The fourth-order valence-electron chi connectivity index (χ4n) is 10.5. The Morgan fingerprint density at radius 2 is 1.57 bits per heavy atom. The molecule has 2 saturated heterocycles. The van der Waals surface area contributed by atoms with Gasteiger partial charge in [0.15, 0.2) is 5.78 Å². The maximum Gasteiger partial charge on any atom is 0.329 e. The summed E-state index contributed by atoms with van der Waals surface area (Å²) in [6.07, 6.45) is 11.5. The van der Waals surface area contributed by atoms with Crippen molar-refractivity contribution in [1.29, 1.82) is 0 Å². The first-order chi connectivity index (χ1) is 32.3. The van der Waals surface area contributed by atoms with E-state index in [1.807, 2.05) is 58.1 Å². The van der Waals surface area contributed by atoms with Crippen LogP contribution in [0.15, 0.2) is 47.6 Å². The van der Waals surface area contributed by atoms with Crippen molar-refractivity contribution < 1.29 is 67.7 Å². The number of carbonyl (C=O) groups is 5. The summed E-state index contributed by atoms with van der Waals surface area (Å²) in [5, 5.41) is 33.0. The van der Waals surface area contributed by atoms with Crippen molar-refractivity contribution in [3.05, 3.63) is 47.6 Å². The van der Waals surface area contributed by atoms with Crippen LogP contribution >= 0.6 is 0 Å². The van der Waals surface area contributed by atoms with Crippen molar-refractivity contribution in [2.45, 2.75) is 180 Å². The number of hydrogen-bond acceptors (Lipinski definition) is 14. The molecule has 68 heavy (non-hydrogen) atoms. The molecule has 0 radical (unpaired) electrons. The monoisotopic (exact) mass is 958 g/mol. The predicted octanol–water partition coefficient (Wildman–Crippen LogP) is 6.20. The van der Waals surface area contributed by atoms with E-state index < -0.39 is 77.8 Å². The topological polar surface area (TPSA) is 205 Å². The Labute approximate surface area is 405 Å². The van der Waals surface area contributed by atoms with Crippen molar-refractivity contribution in [2.75, 3.05) is 41.1 Å². The molecule has 3 fully saturated rings. The van der Waals surface area contributed by atoms with Gasteiger partial charge in [-0.25, -0.2) is 4.79 Å². The van der Waals surface area contributed by atoms with Crippen LogP contribution in [0.5, 0.6) is 0 Å². The Morgan fingerprint density at radius 1 is 0.838 bits per heavy atom. The Morgan fingerprint density at radius 3 is 2.25 bits per heavy atom. The van der Waals surface area contributed by atoms with Crippen molar-refractivity contribution in [3.63, 3.8) is 0 Å². The summed E-state index contributed by atoms with van der Waals surface area (Å²) in [7, 11) is 4.57. The van der Waals surface area contributed by atoms with Gasteiger partial charge in [0.1, 0.15) is 30.1 Å². The number of fused-ring (bicyclic) bond motifs is 3. The molecule has 3 heterocycles. The molecular formula is C53H83NO14. The Kier molecular flexibility index (Phi) is 22.9. The van der Waals surface area contributed by atoms with Crippen molar-refractivity contribution in [3.8, 4) is 0 Å². The van der Waals surface area contributed by atoms with Crippen LogP contribution in [-0.4, -0.2) is 145 Å². The molecule has 15 heteroatoms. The number of Topliss-reactive ketones (excluding diaryl/α,β-unsaturated/α-hetero) is 3. The molecule has 3 aliphatic heterocycles. The Hall–Kier alpha value is -3.41. The van der Waals surface area contributed by atoms with E-state index in [0.717, 1.165) is 12.0 Å². The zero-order valence-electron chi connectivity index (χ0n) is 42.4. The second kappa shape index (κ2) is 27.3. The number of piperidine rings is 1. The molecule has 4 aliphatic rings. The fourth-order valence-corrected chi connectivity index (χ4v) is 10.5. The molecule has 15 atom stereocenters. The van der Waals surface area contributed by atoms with Gasteiger partial charge >= 0.3 is 11.8 Å². The number of amides is 1. The fraction of sp³-hybridized carbons (Fsp3) is 0.755. The Bertz CT molecular complexity index is 1810. The molecule has 4 rings (SSSR count). The summed E-state index contributed by atoms with van der Waals surface area (Å²) in [4.78, 5) is 72.5. The van der Waals surface area contributed by atoms with Crippen LogP contribution < -0.4 is 0 Å². The van der Waals surface area contributed by atoms with E-state index in [9.17, 15) is 39.3 Å². The zero-order chi connectivity index (χ0) is 50.3. The number of esters is 1. The van der Waals surface area contributed by atoms with E-state index in [4.69, 9.17) is 28.4 Å². The van der Waals surface area contributed by atoms with Gasteiger partial charge in [-0.1, -0.05) is 71.1 Å². The van der Waals surface area contributed by atoms with Crippen LogP contribution in [0.3, 0.4) is 0 Å². The van der Waals surface area contributed by atoms with Crippen molar-refractivity contribution in [2.24, 2.45) is 35.5 Å². The molecule has 1 saturated carbocycles. The minimum atomic E-state index is -2.86. The molecule has 384 valence electrons. The van der Waals surface area contributed by atoms with E-state index in [1.54, 1.807) is 41.1 Å². The zero-order valence-corrected chi connectivity index (χ0v) is 42.4. The maximum absolute atomic E-state index is 14.7. The van der Waals surface area contributed by atoms with Crippen LogP contribution in [0.4, 0.5) is 0 Å². The van der Waals surface area contributed by atoms with Gasteiger partial charge in [-0.2, -0.15) is 0 Å². The summed E-state index contributed by atoms with van der Waals surface area (Å²) in [5.74, 6) is -8.02. The van der Waals surface area contributed by atoms with Gasteiger partial charge in [0.2, 0.25) is 5.78 Å². The number of nitrogens with zero attached hydrogens (tertiary/aromatic N) is 1. The highest BCUT2D eigenvalue weighted by molar-refractivity contribution is 6.09. The van der Waals surface area contributed by atoms with E-state index in [1.165, 1.54) is 12.0 Å². The predicted molar refractivity (Wildman–Crippen MR) is 256 cm³/mol. The number of rotatable bonds is 9. The number of carbonyl (C=O) groups excluding carboxylic acids is 5. The first-order valence-corrected chi connectivity index (χ1v) is 25.0. The number of allylic oxidation sites excluding steroid dienone is 6. The average molecular weight is 958 g/mol. The molecular weight excluding hydrogens is 875 g/mol. The summed E-state index contributed by atoms with van der Waals surface area (Å²) in [6.45, 7) is 12.8. The molecule has 0 aromatic carbocycles. The molecule has 2 bridgehead atoms. The molecule has 0 spiro atoms. The first kappa shape index (κ1) is 57.2. The smallest absolute Gasteiger partial charge is 0.329 e. The van der Waals surface area contributed by atoms with Gasteiger partial charge in [0.05, 0.1) is 37.6 Å². The summed E-state index contributed by atoms with van der Waals surface area (Å²) in [5.41, 5.74) is 1.24. The molecule has 0 aromatic heterocycles. The quantitative estimate of drug-likeness (QED) is 0.134. The molecule has 1 aliphatic carbocycles. The average Bonchev–Trinajstić information content (AvgIpc) is 3.43. The first-order valence-electron chi connectivity index (χ1n) is 25.0. The highest BCUT2D eigenvalue weighted by Crippen LogP contribution is 2.37. The number of aliphatic hydroxyl groups is 3. The third-order valence-electron chi connectivity index (χ3n) is 14.8. The van der Waals surface area contributed by atoms with E-state index in [-0.39, 0.29) is 80.5 Å². The molecule has 0 aromatic rings.